The van der Waals surface area contributed by atoms with Gasteiger partial charge in [0.25, 0.3) is 0 Å². The zero-order chi connectivity index (χ0) is 24.7. The molecule has 1 amide bonds. The molecule has 0 fully saturated rings. The van der Waals surface area contributed by atoms with Crippen molar-refractivity contribution in [2.75, 3.05) is 34.7 Å². The second-order valence-electron chi connectivity index (χ2n) is 6.65. The number of carbonyl (C=O) groups is 1. The van der Waals surface area contributed by atoms with Gasteiger partial charge in [0.2, 0.25) is 17.5 Å². The van der Waals surface area contributed by atoms with Crippen molar-refractivity contribution in [2.45, 2.75) is 6.92 Å². The highest BCUT2D eigenvalue weighted by Gasteiger charge is 2.20. The van der Waals surface area contributed by atoms with E-state index >= 15 is 0 Å². The van der Waals surface area contributed by atoms with Crippen LogP contribution in [0.1, 0.15) is 11.5 Å². The first kappa shape index (κ1) is 24.8. The van der Waals surface area contributed by atoms with Gasteiger partial charge in [-0.15, -0.1) is 11.8 Å². The van der Waals surface area contributed by atoms with Gasteiger partial charge in [-0.2, -0.15) is 9.98 Å². The molecule has 0 atom stereocenters. The lowest BCUT2D eigenvalue weighted by Crippen LogP contribution is -2.15. The first-order valence-corrected chi connectivity index (χ1v) is 11.2. The molecule has 0 spiro atoms. The molecule has 0 aliphatic heterocycles. The van der Waals surface area contributed by atoms with Crippen LogP contribution in [0.2, 0.25) is 0 Å². The minimum Gasteiger partial charge on any atom is -0.493 e. The highest BCUT2D eigenvalue weighted by Crippen LogP contribution is 2.39. The van der Waals surface area contributed by atoms with E-state index < -0.39 is 6.09 Å². The van der Waals surface area contributed by atoms with E-state index in [-0.39, 0.29) is 0 Å². The van der Waals surface area contributed by atoms with Crippen LogP contribution in [0.25, 0.3) is 11.4 Å². The predicted octanol–water partition coefficient (Wildman–Crippen LogP) is 4.72. The number of benzene rings is 2. The lowest BCUT2D eigenvalue weighted by molar-refractivity contribution is 0.183. The number of ether oxygens (including phenoxy) is 4. The van der Waals surface area contributed by atoms with Crippen molar-refractivity contribution in [1.29, 1.82) is 0 Å². The summed E-state index contributed by atoms with van der Waals surface area (Å²) in [5.74, 6) is 2.26. The van der Waals surface area contributed by atoms with Crippen LogP contribution in [0.4, 0.5) is 10.5 Å². The third-order valence-electron chi connectivity index (χ3n) is 4.60. The number of aryl methyl sites for hydroxylation is 1. The minimum absolute atomic E-state index is 0.346. The van der Waals surface area contributed by atoms with Gasteiger partial charge < -0.3 is 23.5 Å². The van der Waals surface area contributed by atoms with Gasteiger partial charge in [-0.05, 0) is 42.7 Å². The Labute approximate surface area is 201 Å². The van der Waals surface area contributed by atoms with Gasteiger partial charge in [-0.25, -0.2) is 9.79 Å². The Morgan fingerprint density at radius 2 is 1.65 bits per heavy atom. The summed E-state index contributed by atoms with van der Waals surface area (Å²) in [6, 6.07) is 10.7. The van der Waals surface area contributed by atoms with Crippen molar-refractivity contribution in [3.05, 3.63) is 47.9 Å². The number of carbonyl (C=O) groups excluding carboxylic acids is 1. The number of aliphatic imine (C=N–C) groups is 2. The average Bonchev–Trinajstić information content (AvgIpc) is 3.31. The molecule has 0 saturated heterocycles. The quantitative estimate of drug-likeness (QED) is 0.347. The molecule has 0 N–H and O–H groups in total. The van der Waals surface area contributed by atoms with Crippen LogP contribution in [-0.2, 0) is 4.74 Å². The standard InChI is InChI=1S/C23H24N4O6S/c1-13-24-21(27-33-13)14-7-9-16(10-8-14)25-19(22(34-6)26-23(28)32-5)15-11-17(29-2)20(31-4)18(12-15)30-3/h7-12H,1-6H3/b25-19?,26-22-. The van der Waals surface area contributed by atoms with E-state index in [1.165, 1.54) is 40.2 Å². The summed E-state index contributed by atoms with van der Waals surface area (Å²) in [5.41, 5.74) is 2.41. The summed E-state index contributed by atoms with van der Waals surface area (Å²) in [4.78, 5) is 25.0. The van der Waals surface area contributed by atoms with Gasteiger partial charge >= 0.3 is 6.09 Å². The van der Waals surface area contributed by atoms with Gasteiger partial charge in [0.15, 0.2) is 11.5 Å². The number of methoxy groups -OCH3 is 4. The zero-order valence-electron chi connectivity index (χ0n) is 19.6. The van der Waals surface area contributed by atoms with Crippen LogP contribution < -0.4 is 14.2 Å². The molecule has 10 nitrogen and oxygen atoms in total. The topological polar surface area (TPSA) is 118 Å². The number of rotatable bonds is 7. The Bertz CT molecular complexity index is 1200. The zero-order valence-corrected chi connectivity index (χ0v) is 20.4. The second-order valence-corrected chi connectivity index (χ2v) is 7.44. The van der Waals surface area contributed by atoms with Crippen LogP contribution in [-0.4, -0.2) is 61.7 Å². The molecule has 0 unspecified atom stereocenters. The normalized spacial score (nSPS) is 11.8. The maximum atomic E-state index is 11.9. The minimum atomic E-state index is -0.743. The first-order chi connectivity index (χ1) is 16.4. The molecule has 0 radical (unpaired) electrons. The average molecular weight is 485 g/mol. The molecule has 3 aromatic rings. The number of amides is 1. The summed E-state index contributed by atoms with van der Waals surface area (Å²) in [7, 11) is 5.83. The van der Waals surface area contributed by atoms with Crippen molar-refractivity contribution in [3.63, 3.8) is 0 Å². The Morgan fingerprint density at radius 1 is 1.00 bits per heavy atom. The van der Waals surface area contributed by atoms with Crippen molar-refractivity contribution in [2.24, 2.45) is 9.98 Å². The molecular weight excluding hydrogens is 460 g/mol. The molecule has 0 bridgehead atoms. The number of hydrogen-bond acceptors (Lipinski definition) is 10. The van der Waals surface area contributed by atoms with Gasteiger partial charge in [0.1, 0.15) is 10.8 Å². The van der Waals surface area contributed by atoms with E-state index in [0.717, 1.165) is 5.56 Å². The van der Waals surface area contributed by atoms with E-state index in [9.17, 15) is 4.79 Å². The van der Waals surface area contributed by atoms with Crippen LogP contribution in [0.15, 0.2) is 50.9 Å². The van der Waals surface area contributed by atoms with Gasteiger partial charge in [0, 0.05) is 18.1 Å². The molecule has 0 aliphatic rings. The first-order valence-electron chi connectivity index (χ1n) is 9.94. The smallest absolute Gasteiger partial charge is 0.434 e. The summed E-state index contributed by atoms with van der Waals surface area (Å²) >= 11 is 1.25. The summed E-state index contributed by atoms with van der Waals surface area (Å²) < 4.78 is 26.1. The predicted molar refractivity (Wildman–Crippen MR) is 130 cm³/mol. The van der Waals surface area contributed by atoms with E-state index in [4.69, 9.17) is 28.5 Å². The highest BCUT2D eigenvalue weighted by molar-refractivity contribution is 8.15. The molecule has 34 heavy (non-hydrogen) atoms. The van der Waals surface area contributed by atoms with E-state index in [2.05, 4.69) is 15.1 Å². The Hall–Kier alpha value is -3.86. The third kappa shape index (κ3) is 5.54. The molecule has 3 rings (SSSR count). The lowest BCUT2D eigenvalue weighted by atomic mass is 10.1. The molecule has 0 saturated carbocycles. The van der Waals surface area contributed by atoms with E-state index in [0.29, 0.717) is 51.0 Å². The van der Waals surface area contributed by atoms with Crippen molar-refractivity contribution < 1.29 is 28.3 Å². The summed E-state index contributed by atoms with van der Waals surface area (Å²) in [5, 5.41) is 4.27. The van der Waals surface area contributed by atoms with E-state index in [1.807, 2.05) is 12.1 Å². The fraction of sp³-hybridized carbons (Fsp3) is 0.261. The fourth-order valence-corrected chi connectivity index (χ4v) is 3.53. The maximum Gasteiger partial charge on any atom is 0.434 e. The molecule has 1 heterocycles. The molecule has 2 aromatic carbocycles. The second kappa shape index (κ2) is 11.3. The van der Waals surface area contributed by atoms with Crippen LogP contribution in [0.5, 0.6) is 17.2 Å². The molecule has 1 aromatic heterocycles. The largest absolute Gasteiger partial charge is 0.493 e. The van der Waals surface area contributed by atoms with Crippen molar-refractivity contribution in [1.82, 2.24) is 10.1 Å². The molecule has 178 valence electrons. The third-order valence-corrected chi connectivity index (χ3v) is 5.27. The SMILES string of the molecule is COC(=O)/N=C(\SC)C(=Nc1ccc(-c2noc(C)n2)cc1)c1cc(OC)c(OC)c(OC)c1. The van der Waals surface area contributed by atoms with E-state index in [1.54, 1.807) is 37.4 Å². The van der Waals surface area contributed by atoms with Gasteiger partial charge in [-0.3, -0.25) is 0 Å². The number of nitrogens with zero attached hydrogens (tertiary/aromatic N) is 4. The Kier molecular flexibility index (Phi) is 8.25. The van der Waals surface area contributed by atoms with Gasteiger partial charge in [-0.1, -0.05) is 5.16 Å². The summed E-state index contributed by atoms with van der Waals surface area (Å²) in [6.07, 6.45) is 1.05. The maximum absolute atomic E-state index is 11.9. The van der Waals surface area contributed by atoms with Crippen LogP contribution in [0.3, 0.4) is 0 Å². The monoisotopic (exact) mass is 484 g/mol. The lowest BCUT2D eigenvalue weighted by Gasteiger charge is -2.15. The number of thioether (sulfide) groups is 1. The number of hydrogen-bond donors (Lipinski definition) is 0. The summed E-state index contributed by atoms with van der Waals surface area (Å²) in [6.45, 7) is 1.73. The van der Waals surface area contributed by atoms with Crippen molar-refractivity contribution in [3.8, 4) is 28.6 Å². The fourth-order valence-electron chi connectivity index (χ4n) is 3.01. The number of aromatic nitrogens is 2. The van der Waals surface area contributed by atoms with Crippen molar-refractivity contribution >= 4 is 34.3 Å². The Morgan fingerprint density at radius 3 is 2.12 bits per heavy atom. The molecule has 11 heteroatoms. The van der Waals surface area contributed by atoms with Gasteiger partial charge in [0.05, 0.1) is 34.1 Å². The molecule has 0 aliphatic carbocycles. The molecular formula is C23H24N4O6S. The van der Waals surface area contributed by atoms with Crippen LogP contribution in [0, 0.1) is 6.92 Å². The van der Waals surface area contributed by atoms with Crippen LogP contribution >= 0.6 is 11.8 Å². The highest BCUT2D eigenvalue weighted by atomic mass is 32.2. The Balaban J connectivity index is 2.16.